The topological polar surface area (TPSA) is 9.23 Å². The van der Waals surface area contributed by atoms with Gasteiger partial charge in [-0.1, -0.05) is 0 Å². The molecule has 1 fully saturated rings. The zero-order chi connectivity index (χ0) is 4.41. The Hall–Kier alpha value is 0.808. The minimum absolute atomic E-state index is 0. The summed E-state index contributed by atoms with van der Waals surface area (Å²) in [5, 5.41) is 0. The molecule has 0 spiro atoms. The monoisotopic (exact) mass is 184 g/mol. The van der Waals surface area contributed by atoms with E-state index in [1.807, 2.05) is 16.9 Å². The third kappa shape index (κ3) is 2.58. The van der Waals surface area contributed by atoms with Gasteiger partial charge in [-0.2, -0.15) is 0 Å². The molecule has 3 heteroatoms. The van der Waals surface area contributed by atoms with Crippen LogP contribution in [0.2, 0.25) is 4.71 Å². The van der Waals surface area contributed by atoms with Crippen LogP contribution in [0.25, 0.3) is 0 Å². The number of hydrogen-bond acceptors (Lipinski definition) is 1. The molecule has 1 heterocycles. The quantitative estimate of drug-likeness (QED) is 0.491. The molecule has 7 heavy (non-hydrogen) atoms. The van der Waals surface area contributed by atoms with E-state index in [4.69, 9.17) is 4.74 Å². The van der Waals surface area contributed by atoms with E-state index in [1.54, 1.807) is 0 Å². The maximum atomic E-state index is 5.07. The molecule has 1 rings (SSSR count). The molecular weight excluding hydrogens is 174 g/mol. The summed E-state index contributed by atoms with van der Waals surface area (Å²) in [5.41, 5.74) is 0. The summed E-state index contributed by atoms with van der Waals surface area (Å²) in [6.45, 7) is 2.02. The summed E-state index contributed by atoms with van der Waals surface area (Å²) in [7, 11) is 0. The fraction of sp³-hybridized carbons (Fsp3) is 1.00. The van der Waals surface area contributed by atoms with Crippen LogP contribution in [0.1, 0.15) is 6.42 Å². The first-order valence-corrected chi connectivity index (χ1v) is 3.63. The maximum absolute atomic E-state index is 5.07. The Kier molecular flexibility index (Phi) is 4.20. The van der Waals surface area contributed by atoms with E-state index >= 15 is 0 Å². The van der Waals surface area contributed by atoms with Gasteiger partial charge in [0.05, 0.1) is 0 Å². The summed E-state index contributed by atoms with van der Waals surface area (Å²) in [6, 6.07) is 0. The van der Waals surface area contributed by atoms with Crippen molar-refractivity contribution in [3.8, 4) is 0 Å². The Morgan fingerprint density at radius 1 is 1.57 bits per heavy atom. The van der Waals surface area contributed by atoms with Crippen molar-refractivity contribution in [1.29, 1.82) is 0 Å². The second-order valence-electron chi connectivity index (χ2n) is 1.62. The second-order valence-corrected chi connectivity index (χ2v) is 3.60. The normalized spacial score (nSPS) is 29.6. The molecule has 0 radical (unpaired) electrons. The molecule has 0 amide bonds. The van der Waals surface area contributed by atoms with Crippen molar-refractivity contribution in [1.82, 2.24) is 0 Å². The van der Waals surface area contributed by atoms with Crippen LogP contribution in [0, 0.1) is 0 Å². The molecule has 0 aromatic rings. The van der Waals surface area contributed by atoms with Crippen LogP contribution < -0.4 is 0 Å². The standard InChI is InChI=1S/C4H9AsO.ClH/c5-4-1-2-6-3-4;/h4H,1-3,5H2;1H. The van der Waals surface area contributed by atoms with Gasteiger partial charge in [-0.25, -0.2) is 0 Å². The van der Waals surface area contributed by atoms with Crippen LogP contribution in [0.4, 0.5) is 0 Å². The van der Waals surface area contributed by atoms with E-state index in [-0.39, 0.29) is 12.4 Å². The van der Waals surface area contributed by atoms with Crippen LogP contribution in [0.15, 0.2) is 0 Å². The fourth-order valence-electron chi connectivity index (χ4n) is 0.553. The Bertz CT molecular complexity index is 45.0. The van der Waals surface area contributed by atoms with E-state index in [2.05, 4.69) is 0 Å². The second kappa shape index (κ2) is 3.77. The number of halogens is 1. The third-order valence-electron chi connectivity index (χ3n) is 0.965. The van der Waals surface area contributed by atoms with Crippen molar-refractivity contribution in [3.63, 3.8) is 0 Å². The first-order chi connectivity index (χ1) is 2.89. The molecule has 1 aliphatic rings. The van der Waals surface area contributed by atoms with Crippen molar-refractivity contribution in [2.75, 3.05) is 13.2 Å². The average Bonchev–Trinajstić information content (AvgIpc) is 1.86. The van der Waals surface area contributed by atoms with Crippen molar-refractivity contribution in [2.45, 2.75) is 11.1 Å². The van der Waals surface area contributed by atoms with Crippen molar-refractivity contribution >= 4 is 29.3 Å². The molecule has 0 saturated carbocycles. The fourth-order valence-corrected chi connectivity index (χ4v) is 1.12. The Balaban J connectivity index is 0.000000360. The molecule has 2 unspecified atom stereocenters. The number of hydrogen-bond donors (Lipinski definition) is 0. The van der Waals surface area contributed by atoms with E-state index < -0.39 is 0 Å². The van der Waals surface area contributed by atoms with Crippen molar-refractivity contribution in [3.05, 3.63) is 0 Å². The Labute approximate surface area is 58.7 Å². The molecule has 0 bridgehead atoms. The Morgan fingerprint density at radius 3 is 2.43 bits per heavy atom. The summed E-state index contributed by atoms with van der Waals surface area (Å²) < 4.78 is 5.96. The molecule has 0 aromatic heterocycles. The van der Waals surface area contributed by atoms with Gasteiger partial charge in [-0.15, -0.1) is 12.4 Å². The average molecular weight is 184 g/mol. The zero-order valence-electron chi connectivity index (χ0n) is 4.09. The summed E-state index contributed by atoms with van der Waals surface area (Å²) in [4.78, 5) is 0. The van der Waals surface area contributed by atoms with Gasteiger partial charge in [0.15, 0.2) is 0 Å². The van der Waals surface area contributed by atoms with E-state index in [9.17, 15) is 0 Å². The van der Waals surface area contributed by atoms with Crippen molar-refractivity contribution < 1.29 is 4.74 Å². The van der Waals surface area contributed by atoms with Gasteiger partial charge in [-0.3, -0.25) is 0 Å². The summed E-state index contributed by atoms with van der Waals surface area (Å²) >= 11 is 1.82. The number of ether oxygens (including phenoxy) is 1. The van der Waals surface area contributed by atoms with Crippen LogP contribution in [-0.2, 0) is 4.74 Å². The van der Waals surface area contributed by atoms with E-state index in [0.29, 0.717) is 0 Å². The zero-order valence-corrected chi connectivity index (χ0v) is 7.33. The molecule has 0 aromatic carbocycles. The Morgan fingerprint density at radius 2 is 2.29 bits per heavy atom. The van der Waals surface area contributed by atoms with Gasteiger partial charge in [-0.05, 0) is 0 Å². The minimum atomic E-state index is 0. The van der Waals surface area contributed by atoms with E-state index in [0.717, 1.165) is 17.9 Å². The van der Waals surface area contributed by atoms with E-state index in [1.165, 1.54) is 6.42 Å². The first kappa shape index (κ1) is 7.81. The molecule has 1 saturated heterocycles. The third-order valence-corrected chi connectivity index (χ3v) is 2.07. The van der Waals surface area contributed by atoms with Gasteiger partial charge in [0.1, 0.15) is 0 Å². The van der Waals surface area contributed by atoms with Crippen LogP contribution in [-0.4, -0.2) is 30.1 Å². The molecule has 1 nitrogen and oxygen atoms in total. The summed E-state index contributed by atoms with van der Waals surface area (Å²) in [5.74, 6) is 0. The van der Waals surface area contributed by atoms with Gasteiger partial charge in [0, 0.05) is 0 Å². The van der Waals surface area contributed by atoms with Gasteiger partial charge >= 0.3 is 45.9 Å². The molecule has 0 aliphatic carbocycles. The van der Waals surface area contributed by atoms with Gasteiger partial charge in [0.25, 0.3) is 0 Å². The van der Waals surface area contributed by atoms with Gasteiger partial charge in [0.2, 0.25) is 0 Å². The van der Waals surface area contributed by atoms with Crippen LogP contribution in [0.3, 0.4) is 0 Å². The molecule has 2 atom stereocenters. The first-order valence-electron chi connectivity index (χ1n) is 2.23. The molecule has 1 aliphatic heterocycles. The predicted molar refractivity (Wildman–Crippen MR) is 35.0 cm³/mol. The molecule has 44 valence electrons. The van der Waals surface area contributed by atoms with Gasteiger partial charge < -0.3 is 0 Å². The number of rotatable bonds is 0. The molecule has 0 N–H and O–H groups in total. The SMILES string of the molecule is Cl.[AsH2]C1CCOC1. The van der Waals surface area contributed by atoms with Crippen LogP contribution in [0.5, 0.6) is 0 Å². The van der Waals surface area contributed by atoms with Crippen LogP contribution >= 0.6 is 12.4 Å². The predicted octanol–water partition coefficient (Wildman–Crippen LogP) is 0.250. The summed E-state index contributed by atoms with van der Waals surface area (Å²) in [6.07, 6.45) is 1.29. The van der Waals surface area contributed by atoms with Crippen molar-refractivity contribution in [2.24, 2.45) is 0 Å². The molecular formula is C4H10AsClO.